The summed E-state index contributed by atoms with van der Waals surface area (Å²) in [7, 11) is 0. The monoisotopic (exact) mass is 346 g/mol. The molecule has 0 radical (unpaired) electrons. The number of piperidine rings is 1. The minimum absolute atomic E-state index is 0.184. The Balaban J connectivity index is 1.73. The van der Waals surface area contributed by atoms with Gasteiger partial charge < -0.3 is 15.0 Å². The number of nitrogens with one attached hydrogen (secondary N) is 1. The first-order chi connectivity index (χ1) is 11.8. The van der Waals surface area contributed by atoms with Crippen LogP contribution in [-0.2, 0) is 14.3 Å². The van der Waals surface area contributed by atoms with Gasteiger partial charge >= 0.3 is 5.97 Å². The summed E-state index contributed by atoms with van der Waals surface area (Å²) in [5.74, 6) is -0.232. The van der Waals surface area contributed by atoms with E-state index in [1.807, 2.05) is 13.0 Å². The van der Waals surface area contributed by atoms with Crippen molar-refractivity contribution in [3.63, 3.8) is 0 Å². The van der Waals surface area contributed by atoms with Gasteiger partial charge in [0.25, 0.3) is 11.8 Å². The zero-order valence-electron chi connectivity index (χ0n) is 15.1. The van der Waals surface area contributed by atoms with Crippen molar-refractivity contribution < 1.29 is 19.1 Å². The average Bonchev–Trinajstić information content (AvgIpc) is 2.56. The number of aryl methyl sites for hydroxylation is 1. The van der Waals surface area contributed by atoms with Crippen LogP contribution in [-0.4, -0.2) is 48.9 Å². The van der Waals surface area contributed by atoms with Crippen LogP contribution < -0.4 is 5.32 Å². The summed E-state index contributed by atoms with van der Waals surface area (Å²) in [5, 5.41) is 2.50. The highest BCUT2D eigenvalue weighted by atomic mass is 16.5. The summed E-state index contributed by atoms with van der Waals surface area (Å²) in [6, 6.07) is 7.08. The van der Waals surface area contributed by atoms with E-state index in [1.54, 1.807) is 23.1 Å². The van der Waals surface area contributed by atoms with E-state index in [-0.39, 0.29) is 25.0 Å². The third-order valence-corrected chi connectivity index (χ3v) is 4.25. The maximum absolute atomic E-state index is 12.2. The van der Waals surface area contributed by atoms with Crippen molar-refractivity contribution in [2.24, 2.45) is 11.8 Å². The lowest BCUT2D eigenvalue weighted by atomic mass is 9.92. The van der Waals surface area contributed by atoms with Gasteiger partial charge in [-0.15, -0.1) is 0 Å². The number of likely N-dealkylation sites (tertiary alicyclic amines) is 1. The van der Waals surface area contributed by atoms with E-state index in [0.717, 1.165) is 12.0 Å². The lowest BCUT2D eigenvalue weighted by Gasteiger charge is -2.34. The Morgan fingerprint density at radius 2 is 1.88 bits per heavy atom. The predicted molar refractivity (Wildman–Crippen MR) is 94.0 cm³/mol. The second kappa shape index (κ2) is 8.65. The number of nitrogens with zero attached hydrogens (tertiary/aromatic N) is 1. The molecule has 2 atom stereocenters. The quantitative estimate of drug-likeness (QED) is 0.825. The van der Waals surface area contributed by atoms with Crippen molar-refractivity contribution in [3.8, 4) is 0 Å². The van der Waals surface area contributed by atoms with Crippen LogP contribution in [0.4, 0.5) is 0 Å². The van der Waals surface area contributed by atoms with Gasteiger partial charge in [-0.05, 0) is 37.3 Å². The van der Waals surface area contributed by atoms with Gasteiger partial charge in [0.15, 0.2) is 6.61 Å². The summed E-state index contributed by atoms with van der Waals surface area (Å²) in [6.45, 7) is 6.98. The first-order valence-electron chi connectivity index (χ1n) is 8.63. The standard InChI is InChI=1S/C19H26N2O4/c1-13-5-4-6-16(8-13)19(24)20-9-18(23)25-12-17(22)21-10-14(2)7-15(3)11-21/h4-6,8,14-15H,7,9-12H2,1-3H3,(H,20,24)/t14-,15+. The third kappa shape index (κ3) is 5.89. The summed E-state index contributed by atoms with van der Waals surface area (Å²) in [5.41, 5.74) is 1.45. The van der Waals surface area contributed by atoms with Crippen LogP contribution in [0.25, 0.3) is 0 Å². The van der Waals surface area contributed by atoms with Crippen molar-refractivity contribution >= 4 is 17.8 Å². The Kier molecular flexibility index (Phi) is 6.56. The average molecular weight is 346 g/mol. The summed E-state index contributed by atoms with van der Waals surface area (Å²) < 4.78 is 4.99. The molecule has 1 fully saturated rings. The molecule has 1 N–H and O–H groups in total. The zero-order valence-corrected chi connectivity index (χ0v) is 15.1. The van der Waals surface area contributed by atoms with E-state index in [9.17, 15) is 14.4 Å². The number of esters is 1. The molecule has 2 amide bonds. The van der Waals surface area contributed by atoms with Crippen molar-refractivity contribution in [2.75, 3.05) is 26.2 Å². The van der Waals surface area contributed by atoms with E-state index in [4.69, 9.17) is 4.74 Å². The number of carbonyl (C=O) groups is 3. The second-order valence-electron chi connectivity index (χ2n) is 6.96. The van der Waals surface area contributed by atoms with Gasteiger partial charge in [-0.2, -0.15) is 0 Å². The van der Waals surface area contributed by atoms with Gasteiger partial charge in [0.2, 0.25) is 0 Å². The van der Waals surface area contributed by atoms with E-state index in [2.05, 4.69) is 19.2 Å². The van der Waals surface area contributed by atoms with E-state index in [1.165, 1.54) is 0 Å². The van der Waals surface area contributed by atoms with Crippen molar-refractivity contribution in [1.29, 1.82) is 0 Å². The normalized spacial score (nSPS) is 20.0. The van der Waals surface area contributed by atoms with Crippen molar-refractivity contribution in [3.05, 3.63) is 35.4 Å². The molecular formula is C19H26N2O4. The van der Waals surface area contributed by atoms with Gasteiger partial charge in [0.1, 0.15) is 6.54 Å². The fourth-order valence-electron chi connectivity index (χ4n) is 3.19. The maximum atomic E-state index is 12.2. The number of amides is 2. The highest BCUT2D eigenvalue weighted by Gasteiger charge is 2.25. The molecule has 6 nitrogen and oxygen atoms in total. The SMILES string of the molecule is Cc1cccc(C(=O)NCC(=O)OCC(=O)N2C[C@H](C)C[C@H](C)C2)c1. The van der Waals surface area contributed by atoms with E-state index in [0.29, 0.717) is 30.5 Å². The maximum Gasteiger partial charge on any atom is 0.325 e. The van der Waals surface area contributed by atoms with Gasteiger partial charge in [0, 0.05) is 18.7 Å². The molecule has 1 aromatic carbocycles. The Morgan fingerprint density at radius 1 is 1.20 bits per heavy atom. The molecule has 0 spiro atoms. The van der Waals surface area contributed by atoms with Crippen LogP contribution in [0.5, 0.6) is 0 Å². The van der Waals surface area contributed by atoms with Gasteiger partial charge in [-0.25, -0.2) is 0 Å². The fourth-order valence-corrected chi connectivity index (χ4v) is 3.19. The first kappa shape index (κ1) is 19.0. The Labute approximate surface area is 148 Å². The summed E-state index contributed by atoms with van der Waals surface area (Å²) in [6.07, 6.45) is 1.11. The molecule has 1 heterocycles. The first-order valence-corrected chi connectivity index (χ1v) is 8.63. The molecule has 25 heavy (non-hydrogen) atoms. The predicted octanol–water partition coefficient (Wildman–Crippen LogP) is 1.77. The van der Waals surface area contributed by atoms with Gasteiger partial charge in [-0.3, -0.25) is 14.4 Å². The largest absolute Gasteiger partial charge is 0.454 e. The highest BCUT2D eigenvalue weighted by Crippen LogP contribution is 2.20. The summed E-state index contributed by atoms with van der Waals surface area (Å²) in [4.78, 5) is 37.6. The highest BCUT2D eigenvalue weighted by molar-refractivity contribution is 5.96. The molecule has 0 aliphatic carbocycles. The smallest absolute Gasteiger partial charge is 0.325 e. The molecule has 1 aromatic rings. The fraction of sp³-hybridized carbons (Fsp3) is 0.526. The molecule has 1 saturated heterocycles. The number of carbonyl (C=O) groups excluding carboxylic acids is 3. The minimum atomic E-state index is -0.618. The molecule has 1 aliphatic heterocycles. The van der Waals surface area contributed by atoms with Crippen LogP contribution >= 0.6 is 0 Å². The minimum Gasteiger partial charge on any atom is -0.454 e. The van der Waals surface area contributed by atoms with E-state index >= 15 is 0 Å². The molecule has 0 saturated carbocycles. The number of ether oxygens (including phenoxy) is 1. The van der Waals surface area contributed by atoms with Crippen LogP contribution in [0.3, 0.4) is 0 Å². The number of hydrogen-bond acceptors (Lipinski definition) is 4. The lowest BCUT2D eigenvalue weighted by Crippen LogP contribution is -2.44. The Bertz CT molecular complexity index is 634. The van der Waals surface area contributed by atoms with Crippen LogP contribution in [0, 0.1) is 18.8 Å². The van der Waals surface area contributed by atoms with Crippen LogP contribution in [0.2, 0.25) is 0 Å². The third-order valence-electron chi connectivity index (χ3n) is 4.25. The number of hydrogen-bond donors (Lipinski definition) is 1. The molecular weight excluding hydrogens is 320 g/mol. The lowest BCUT2D eigenvalue weighted by molar-refractivity contribution is -0.152. The van der Waals surface area contributed by atoms with E-state index < -0.39 is 5.97 Å². The molecule has 6 heteroatoms. The van der Waals surface area contributed by atoms with Crippen LogP contribution in [0.15, 0.2) is 24.3 Å². The summed E-state index contributed by atoms with van der Waals surface area (Å²) >= 11 is 0. The zero-order chi connectivity index (χ0) is 18.4. The van der Waals surface area contributed by atoms with Crippen molar-refractivity contribution in [1.82, 2.24) is 10.2 Å². The van der Waals surface area contributed by atoms with Gasteiger partial charge in [-0.1, -0.05) is 31.5 Å². The van der Waals surface area contributed by atoms with Crippen LogP contribution in [0.1, 0.15) is 36.2 Å². The molecule has 136 valence electrons. The molecule has 0 bridgehead atoms. The second-order valence-corrected chi connectivity index (χ2v) is 6.96. The Morgan fingerprint density at radius 3 is 2.52 bits per heavy atom. The number of benzene rings is 1. The Hall–Kier alpha value is -2.37. The number of rotatable bonds is 5. The molecule has 0 unspecified atom stereocenters. The molecule has 0 aromatic heterocycles. The molecule has 2 rings (SSSR count). The van der Waals surface area contributed by atoms with Crippen molar-refractivity contribution in [2.45, 2.75) is 27.2 Å². The molecule has 1 aliphatic rings. The van der Waals surface area contributed by atoms with Gasteiger partial charge in [0.05, 0.1) is 0 Å². The topological polar surface area (TPSA) is 75.7 Å².